The molecule has 0 aliphatic carbocycles. The summed E-state index contributed by atoms with van der Waals surface area (Å²) in [6.07, 6.45) is 3.05. The summed E-state index contributed by atoms with van der Waals surface area (Å²) >= 11 is 1.98. The summed E-state index contributed by atoms with van der Waals surface area (Å²) in [5.41, 5.74) is 1.02. The number of ether oxygens (including phenoxy) is 2. The molecule has 0 atom stereocenters. The molecule has 100 valence electrons. The van der Waals surface area contributed by atoms with Crippen LogP contribution in [0.5, 0.6) is 11.5 Å². The maximum Gasteiger partial charge on any atom is 0.164 e. The molecule has 0 saturated carbocycles. The SMILES string of the molecule is COc1cccc(CCO)c1OC1CCSCC1. The van der Waals surface area contributed by atoms with Gasteiger partial charge in [-0.2, -0.15) is 11.8 Å². The second kappa shape index (κ2) is 6.90. The fourth-order valence-corrected chi connectivity index (χ4v) is 3.20. The van der Waals surface area contributed by atoms with E-state index in [4.69, 9.17) is 14.6 Å². The van der Waals surface area contributed by atoms with Crippen LogP contribution in [0.25, 0.3) is 0 Å². The van der Waals surface area contributed by atoms with E-state index >= 15 is 0 Å². The van der Waals surface area contributed by atoms with Crippen LogP contribution in [0.15, 0.2) is 18.2 Å². The van der Waals surface area contributed by atoms with Gasteiger partial charge in [-0.05, 0) is 36.8 Å². The lowest BCUT2D eigenvalue weighted by molar-refractivity contribution is 0.181. The molecule has 1 N–H and O–H groups in total. The summed E-state index contributed by atoms with van der Waals surface area (Å²) in [5.74, 6) is 3.90. The average molecular weight is 268 g/mol. The molecular formula is C14H20O3S. The third-order valence-electron chi connectivity index (χ3n) is 3.11. The number of thioether (sulfide) groups is 1. The van der Waals surface area contributed by atoms with Crippen LogP contribution in [0.2, 0.25) is 0 Å². The van der Waals surface area contributed by atoms with Gasteiger partial charge < -0.3 is 14.6 Å². The Morgan fingerprint density at radius 3 is 2.78 bits per heavy atom. The summed E-state index contributed by atoms with van der Waals surface area (Å²) in [7, 11) is 1.65. The zero-order valence-corrected chi connectivity index (χ0v) is 11.5. The lowest BCUT2D eigenvalue weighted by atomic mass is 10.1. The van der Waals surface area contributed by atoms with E-state index in [1.165, 1.54) is 0 Å². The Kier molecular flexibility index (Phi) is 5.20. The Bertz CT molecular complexity index is 375. The van der Waals surface area contributed by atoms with Crippen LogP contribution in [-0.2, 0) is 6.42 Å². The van der Waals surface area contributed by atoms with Crippen LogP contribution < -0.4 is 9.47 Å². The fraction of sp³-hybridized carbons (Fsp3) is 0.571. The molecule has 1 aliphatic rings. The van der Waals surface area contributed by atoms with Crippen molar-refractivity contribution >= 4 is 11.8 Å². The minimum atomic E-state index is 0.129. The molecule has 1 aliphatic heterocycles. The Hall–Kier alpha value is -0.870. The van der Waals surface area contributed by atoms with Crippen LogP contribution in [0.3, 0.4) is 0 Å². The second-order valence-electron chi connectivity index (χ2n) is 4.35. The number of para-hydroxylation sites is 1. The fourth-order valence-electron chi connectivity index (χ4n) is 2.13. The second-order valence-corrected chi connectivity index (χ2v) is 5.58. The standard InChI is InChI=1S/C14H20O3S/c1-16-13-4-2-3-11(5-8-15)14(13)17-12-6-9-18-10-7-12/h2-4,12,15H,5-10H2,1H3. The smallest absolute Gasteiger partial charge is 0.164 e. The molecule has 18 heavy (non-hydrogen) atoms. The van der Waals surface area contributed by atoms with Gasteiger partial charge in [-0.25, -0.2) is 0 Å². The van der Waals surface area contributed by atoms with Crippen LogP contribution in [-0.4, -0.2) is 36.4 Å². The van der Waals surface area contributed by atoms with Crippen LogP contribution in [0.1, 0.15) is 18.4 Å². The van der Waals surface area contributed by atoms with Crippen LogP contribution in [0.4, 0.5) is 0 Å². The Balaban J connectivity index is 2.16. The molecule has 1 aromatic carbocycles. The van der Waals surface area contributed by atoms with Crippen molar-refractivity contribution in [2.24, 2.45) is 0 Å². The number of hydrogen-bond acceptors (Lipinski definition) is 4. The van der Waals surface area contributed by atoms with Crippen molar-refractivity contribution in [1.29, 1.82) is 0 Å². The molecule has 0 unspecified atom stereocenters. The maximum absolute atomic E-state index is 9.11. The van der Waals surface area contributed by atoms with Crippen molar-refractivity contribution in [3.8, 4) is 11.5 Å². The third-order valence-corrected chi connectivity index (χ3v) is 4.16. The van der Waals surface area contributed by atoms with E-state index in [2.05, 4.69) is 0 Å². The predicted molar refractivity (Wildman–Crippen MR) is 74.8 cm³/mol. The molecule has 4 heteroatoms. The van der Waals surface area contributed by atoms with Crippen molar-refractivity contribution in [3.63, 3.8) is 0 Å². The normalized spacial score (nSPS) is 16.6. The lowest BCUT2D eigenvalue weighted by Gasteiger charge is -2.25. The summed E-state index contributed by atoms with van der Waals surface area (Å²) < 4.78 is 11.5. The van der Waals surface area contributed by atoms with Gasteiger partial charge in [0, 0.05) is 12.2 Å². The first-order valence-electron chi connectivity index (χ1n) is 6.36. The van der Waals surface area contributed by atoms with Gasteiger partial charge in [0.2, 0.25) is 0 Å². The molecular weight excluding hydrogens is 248 g/mol. The number of aliphatic hydroxyl groups excluding tert-OH is 1. The molecule has 3 nitrogen and oxygen atoms in total. The first-order chi connectivity index (χ1) is 8.85. The first-order valence-corrected chi connectivity index (χ1v) is 7.51. The summed E-state index contributed by atoms with van der Waals surface area (Å²) in [6, 6.07) is 5.84. The number of methoxy groups -OCH3 is 1. The van der Waals surface area contributed by atoms with Gasteiger partial charge in [0.1, 0.15) is 6.10 Å². The maximum atomic E-state index is 9.11. The molecule has 0 radical (unpaired) electrons. The summed E-state index contributed by atoms with van der Waals surface area (Å²) in [4.78, 5) is 0. The lowest BCUT2D eigenvalue weighted by Crippen LogP contribution is -2.23. The van der Waals surface area contributed by atoms with E-state index in [0.29, 0.717) is 6.42 Å². The van der Waals surface area contributed by atoms with Gasteiger partial charge in [-0.15, -0.1) is 0 Å². The zero-order chi connectivity index (χ0) is 12.8. The topological polar surface area (TPSA) is 38.7 Å². The van der Waals surface area contributed by atoms with E-state index < -0.39 is 0 Å². The van der Waals surface area contributed by atoms with Crippen molar-refractivity contribution in [3.05, 3.63) is 23.8 Å². The largest absolute Gasteiger partial charge is 0.493 e. The average Bonchev–Trinajstić information content (AvgIpc) is 2.42. The van der Waals surface area contributed by atoms with Crippen molar-refractivity contribution in [2.75, 3.05) is 25.2 Å². The van der Waals surface area contributed by atoms with Crippen molar-refractivity contribution < 1.29 is 14.6 Å². The number of rotatable bonds is 5. The van der Waals surface area contributed by atoms with E-state index in [-0.39, 0.29) is 12.7 Å². The molecule has 2 rings (SSSR count). The van der Waals surface area contributed by atoms with E-state index in [1.54, 1.807) is 7.11 Å². The summed E-state index contributed by atoms with van der Waals surface area (Å²) in [6.45, 7) is 0.129. The Morgan fingerprint density at radius 2 is 2.11 bits per heavy atom. The highest BCUT2D eigenvalue weighted by Crippen LogP contribution is 2.34. The predicted octanol–water partition coefficient (Wildman–Crippen LogP) is 2.50. The van der Waals surface area contributed by atoms with E-state index in [0.717, 1.165) is 41.4 Å². The Labute approximate surface area is 112 Å². The van der Waals surface area contributed by atoms with Crippen molar-refractivity contribution in [1.82, 2.24) is 0 Å². The molecule has 0 amide bonds. The number of hydrogen-bond donors (Lipinski definition) is 1. The highest BCUT2D eigenvalue weighted by molar-refractivity contribution is 7.99. The van der Waals surface area contributed by atoms with Crippen LogP contribution in [0, 0.1) is 0 Å². The van der Waals surface area contributed by atoms with E-state index in [1.807, 2.05) is 30.0 Å². The molecule has 0 aromatic heterocycles. The Morgan fingerprint density at radius 1 is 1.33 bits per heavy atom. The van der Waals surface area contributed by atoms with Crippen molar-refractivity contribution in [2.45, 2.75) is 25.4 Å². The molecule has 0 spiro atoms. The zero-order valence-electron chi connectivity index (χ0n) is 10.7. The highest BCUT2D eigenvalue weighted by Gasteiger charge is 2.19. The van der Waals surface area contributed by atoms with Crippen LogP contribution >= 0.6 is 11.8 Å². The van der Waals surface area contributed by atoms with Gasteiger partial charge in [0.25, 0.3) is 0 Å². The van der Waals surface area contributed by atoms with E-state index in [9.17, 15) is 0 Å². The quantitative estimate of drug-likeness (QED) is 0.890. The van der Waals surface area contributed by atoms with Gasteiger partial charge in [-0.1, -0.05) is 12.1 Å². The van der Waals surface area contributed by atoms with Gasteiger partial charge in [0.15, 0.2) is 11.5 Å². The molecule has 0 bridgehead atoms. The minimum absolute atomic E-state index is 0.129. The summed E-state index contributed by atoms with van der Waals surface area (Å²) in [5, 5.41) is 9.11. The van der Waals surface area contributed by atoms with Gasteiger partial charge >= 0.3 is 0 Å². The molecule has 1 saturated heterocycles. The molecule has 1 heterocycles. The molecule has 1 aromatic rings. The minimum Gasteiger partial charge on any atom is -0.493 e. The van der Waals surface area contributed by atoms with Gasteiger partial charge in [0.05, 0.1) is 7.11 Å². The number of benzene rings is 1. The molecule has 1 fully saturated rings. The number of aliphatic hydroxyl groups is 1. The van der Waals surface area contributed by atoms with Gasteiger partial charge in [-0.3, -0.25) is 0 Å². The highest BCUT2D eigenvalue weighted by atomic mass is 32.2. The first kappa shape index (κ1) is 13.6. The monoisotopic (exact) mass is 268 g/mol. The third kappa shape index (κ3) is 3.33.